The zero-order valence-corrected chi connectivity index (χ0v) is 15.9. The van der Waals surface area contributed by atoms with Gasteiger partial charge in [-0.3, -0.25) is 19.3 Å². The topological polar surface area (TPSA) is 81.8 Å². The van der Waals surface area contributed by atoms with E-state index >= 15 is 0 Å². The fourth-order valence-corrected chi connectivity index (χ4v) is 3.91. The number of rotatable bonds is 5. The Balaban J connectivity index is 1.89. The Labute approximate surface area is 150 Å². The quantitative estimate of drug-likeness (QED) is 0.733. The Hall–Kier alpha value is -1.63. The molecule has 0 radical (unpaired) electrons. The molecule has 2 saturated heterocycles. The first-order valence-corrected chi connectivity index (χ1v) is 9.30. The maximum atomic E-state index is 12.7. The van der Waals surface area contributed by atoms with E-state index in [-0.39, 0.29) is 29.7 Å². The van der Waals surface area contributed by atoms with Gasteiger partial charge in [-0.15, -0.1) is 0 Å². The molecule has 2 heterocycles. The molecule has 0 spiro atoms. The molecule has 2 aliphatic rings. The van der Waals surface area contributed by atoms with Crippen molar-refractivity contribution in [1.29, 1.82) is 0 Å². The van der Waals surface area contributed by atoms with Crippen LogP contribution in [0.3, 0.4) is 0 Å². The summed E-state index contributed by atoms with van der Waals surface area (Å²) in [6.07, 6.45) is 1.46. The van der Waals surface area contributed by atoms with E-state index in [4.69, 9.17) is 0 Å². The zero-order valence-electron chi connectivity index (χ0n) is 15.9. The minimum absolute atomic E-state index is 0.00564. The van der Waals surface area contributed by atoms with Crippen molar-refractivity contribution in [2.75, 3.05) is 39.8 Å². The predicted molar refractivity (Wildman–Crippen MR) is 95.7 cm³/mol. The Morgan fingerprint density at radius 3 is 2.28 bits per heavy atom. The molecular formula is C18H32N4O3. The number of hydrogen-bond donors (Lipinski definition) is 2. The minimum atomic E-state index is -0.0172. The van der Waals surface area contributed by atoms with Crippen LogP contribution in [0.2, 0.25) is 0 Å². The SMILES string of the molecule is CNC(=O)CN1CC(NC(=O)C2CCN(C(C)=O)CC2)C(C(C)C)C1. The second-order valence-corrected chi connectivity index (χ2v) is 7.67. The van der Waals surface area contributed by atoms with E-state index < -0.39 is 0 Å². The van der Waals surface area contributed by atoms with Gasteiger partial charge < -0.3 is 15.5 Å². The molecule has 0 saturated carbocycles. The molecule has 2 fully saturated rings. The maximum absolute atomic E-state index is 12.7. The van der Waals surface area contributed by atoms with Crippen molar-refractivity contribution in [3.63, 3.8) is 0 Å². The third-order valence-corrected chi connectivity index (χ3v) is 5.58. The van der Waals surface area contributed by atoms with Crippen LogP contribution in [-0.2, 0) is 14.4 Å². The van der Waals surface area contributed by atoms with Gasteiger partial charge in [0.25, 0.3) is 0 Å². The average molecular weight is 352 g/mol. The smallest absolute Gasteiger partial charge is 0.233 e. The standard InChI is InChI=1S/C18H32N4O3/c1-12(2)15-9-21(11-17(24)19-4)10-16(15)20-18(25)14-5-7-22(8-6-14)13(3)23/h12,14-16H,5-11H2,1-4H3,(H,19,24)(H,20,25). The van der Waals surface area contributed by atoms with E-state index in [0.717, 1.165) is 19.4 Å². The first-order chi connectivity index (χ1) is 11.8. The molecule has 3 amide bonds. The Morgan fingerprint density at radius 1 is 1.12 bits per heavy atom. The molecule has 2 N–H and O–H groups in total. The van der Waals surface area contributed by atoms with Crippen LogP contribution >= 0.6 is 0 Å². The number of piperidine rings is 1. The summed E-state index contributed by atoms with van der Waals surface area (Å²) in [5.41, 5.74) is 0. The van der Waals surface area contributed by atoms with Gasteiger partial charge in [0, 0.05) is 52.1 Å². The lowest BCUT2D eigenvalue weighted by Crippen LogP contribution is -2.48. The monoisotopic (exact) mass is 352 g/mol. The number of hydrogen-bond acceptors (Lipinski definition) is 4. The molecule has 0 bridgehead atoms. The highest BCUT2D eigenvalue weighted by Crippen LogP contribution is 2.25. The fourth-order valence-electron chi connectivity index (χ4n) is 3.91. The van der Waals surface area contributed by atoms with Crippen LogP contribution in [0.25, 0.3) is 0 Å². The van der Waals surface area contributed by atoms with Gasteiger partial charge in [-0.05, 0) is 24.7 Å². The number of amides is 3. The summed E-state index contributed by atoms with van der Waals surface area (Å²) in [6.45, 7) is 9.16. The van der Waals surface area contributed by atoms with E-state index in [1.807, 2.05) is 0 Å². The van der Waals surface area contributed by atoms with E-state index in [1.165, 1.54) is 0 Å². The van der Waals surface area contributed by atoms with Gasteiger partial charge in [-0.2, -0.15) is 0 Å². The molecule has 2 aliphatic heterocycles. The third kappa shape index (κ3) is 5.17. The summed E-state index contributed by atoms with van der Waals surface area (Å²) < 4.78 is 0. The van der Waals surface area contributed by atoms with Crippen LogP contribution in [0, 0.1) is 17.8 Å². The van der Waals surface area contributed by atoms with Gasteiger partial charge in [-0.25, -0.2) is 0 Å². The number of nitrogens with one attached hydrogen (secondary N) is 2. The lowest BCUT2D eigenvalue weighted by molar-refractivity contribution is -0.134. The largest absolute Gasteiger partial charge is 0.358 e. The van der Waals surface area contributed by atoms with E-state index in [1.54, 1.807) is 18.9 Å². The molecule has 7 nitrogen and oxygen atoms in total. The second kappa shape index (κ2) is 8.65. The fraction of sp³-hybridized carbons (Fsp3) is 0.833. The van der Waals surface area contributed by atoms with Crippen molar-refractivity contribution in [3.8, 4) is 0 Å². The zero-order chi connectivity index (χ0) is 18.6. The average Bonchev–Trinajstić information content (AvgIpc) is 2.97. The van der Waals surface area contributed by atoms with Gasteiger partial charge >= 0.3 is 0 Å². The molecular weight excluding hydrogens is 320 g/mol. The normalized spacial score (nSPS) is 25.2. The van der Waals surface area contributed by atoms with Crippen molar-refractivity contribution in [2.45, 2.75) is 39.7 Å². The van der Waals surface area contributed by atoms with Crippen molar-refractivity contribution >= 4 is 17.7 Å². The van der Waals surface area contributed by atoms with E-state index in [9.17, 15) is 14.4 Å². The highest BCUT2D eigenvalue weighted by Gasteiger charge is 2.37. The molecule has 2 unspecified atom stereocenters. The van der Waals surface area contributed by atoms with Gasteiger partial charge in [0.1, 0.15) is 0 Å². The van der Waals surface area contributed by atoms with Crippen molar-refractivity contribution in [2.24, 2.45) is 17.8 Å². The third-order valence-electron chi connectivity index (χ3n) is 5.58. The molecule has 0 aliphatic carbocycles. The number of carbonyl (C=O) groups is 3. The highest BCUT2D eigenvalue weighted by molar-refractivity contribution is 5.80. The summed E-state index contributed by atoms with van der Waals surface area (Å²) in [7, 11) is 1.64. The van der Waals surface area contributed by atoms with Gasteiger partial charge in [-0.1, -0.05) is 13.8 Å². The first-order valence-electron chi connectivity index (χ1n) is 9.30. The Kier molecular flexibility index (Phi) is 6.81. The summed E-state index contributed by atoms with van der Waals surface area (Å²) in [5.74, 6) is 0.966. The van der Waals surface area contributed by atoms with Crippen molar-refractivity contribution < 1.29 is 14.4 Å². The predicted octanol–water partition coefficient (Wildman–Crippen LogP) is 0.0635. The first kappa shape index (κ1) is 19.7. The lowest BCUT2D eigenvalue weighted by atomic mass is 9.90. The minimum Gasteiger partial charge on any atom is -0.358 e. The van der Waals surface area contributed by atoms with Crippen LogP contribution in [0.4, 0.5) is 0 Å². The van der Waals surface area contributed by atoms with Crippen LogP contribution in [-0.4, -0.2) is 73.3 Å². The lowest BCUT2D eigenvalue weighted by Gasteiger charge is -2.32. The summed E-state index contributed by atoms with van der Waals surface area (Å²) >= 11 is 0. The number of likely N-dealkylation sites (N-methyl/N-ethyl adjacent to an activating group) is 1. The van der Waals surface area contributed by atoms with Crippen LogP contribution in [0.5, 0.6) is 0 Å². The van der Waals surface area contributed by atoms with E-state index in [0.29, 0.717) is 38.0 Å². The molecule has 0 aromatic heterocycles. The van der Waals surface area contributed by atoms with Crippen LogP contribution in [0.1, 0.15) is 33.6 Å². The molecule has 7 heteroatoms. The van der Waals surface area contributed by atoms with Crippen molar-refractivity contribution in [1.82, 2.24) is 20.4 Å². The Bertz CT molecular complexity index is 501. The number of likely N-dealkylation sites (tertiary alicyclic amines) is 2. The summed E-state index contributed by atoms with van der Waals surface area (Å²) in [5, 5.41) is 5.89. The molecule has 25 heavy (non-hydrogen) atoms. The van der Waals surface area contributed by atoms with Gasteiger partial charge in [0.05, 0.1) is 6.54 Å². The van der Waals surface area contributed by atoms with Gasteiger partial charge in [0.2, 0.25) is 17.7 Å². The maximum Gasteiger partial charge on any atom is 0.233 e. The summed E-state index contributed by atoms with van der Waals surface area (Å²) in [6, 6.07) is 0.0861. The number of carbonyl (C=O) groups excluding carboxylic acids is 3. The summed E-state index contributed by atoms with van der Waals surface area (Å²) in [4.78, 5) is 39.6. The Morgan fingerprint density at radius 2 is 1.76 bits per heavy atom. The second-order valence-electron chi connectivity index (χ2n) is 7.67. The molecule has 2 rings (SSSR count). The molecule has 2 atom stereocenters. The molecule has 0 aromatic carbocycles. The van der Waals surface area contributed by atoms with Gasteiger partial charge in [0.15, 0.2) is 0 Å². The van der Waals surface area contributed by atoms with Crippen LogP contribution in [0.15, 0.2) is 0 Å². The van der Waals surface area contributed by atoms with E-state index in [2.05, 4.69) is 29.4 Å². The number of nitrogens with zero attached hydrogens (tertiary/aromatic N) is 2. The molecule has 0 aromatic rings. The van der Waals surface area contributed by atoms with Crippen molar-refractivity contribution in [3.05, 3.63) is 0 Å². The molecule has 142 valence electrons. The highest BCUT2D eigenvalue weighted by atomic mass is 16.2. The van der Waals surface area contributed by atoms with Crippen LogP contribution < -0.4 is 10.6 Å².